The first kappa shape index (κ1) is 12.4. The zero-order chi connectivity index (χ0) is 12.3. The van der Waals surface area contributed by atoms with E-state index in [1.165, 1.54) is 11.8 Å². The molecule has 1 aromatic heterocycles. The van der Waals surface area contributed by atoms with Crippen LogP contribution in [-0.4, -0.2) is 32.7 Å². The lowest BCUT2D eigenvalue weighted by atomic mass is 10.3. The molecule has 0 aliphatic carbocycles. The van der Waals surface area contributed by atoms with Gasteiger partial charge in [0.15, 0.2) is 10.5 Å². The molecule has 92 valence electrons. The Labute approximate surface area is 107 Å². The molecule has 0 aromatic carbocycles. The highest BCUT2D eigenvalue weighted by atomic mass is 35.5. The van der Waals surface area contributed by atoms with Crippen LogP contribution in [0.1, 0.15) is 5.56 Å². The lowest BCUT2D eigenvalue weighted by Crippen LogP contribution is -2.42. The normalized spacial score (nSPS) is 20.4. The fourth-order valence-electron chi connectivity index (χ4n) is 1.61. The fourth-order valence-corrected chi connectivity index (χ4v) is 2.84. The molecule has 1 aromatic rings. The topological polar surface area (TPSA) is 71.3 Å². The predicted octanol–water partition coefficient (Wildman–Crippen LogP) is 1.35. The third-order valence-corrected chi connectivity index (χ3v) is 3.74. The van der Waals surface area contributed by atoms with E-state index in [9.17, 15) is 10.1 Å². The van der Waals surface area contributed by atoms with Crippen molar-refractivity contribution in [2.45, 2.75) is 12.0 Å². The zero-order valence-electron chi connectivity index (χ0n) is 8.88. The van der Waals surface area contributed by atoms with Gasteiger partial charge in [0, 0.05) is 25.0 Å². The van der Waals surface area contributed by atoms with Crippen molar-refractivity contribution in [2.24, 2.45) is 0 Å². The third kappa shape index (κ3) is 3.45. The van der Waals surface area contributed by atoms with E-state index in [-0.39, 0.29) is 5.50 Å². The predicted molar refractivity (Wildman–Crippen MR) is 66.0 cm³/mol. The number of nitrogens with zero attached hydrogens (tertiary/aromatic N) is 3. The second-order valence-corrected chi connectivity index (χ2v) is 5.14. The van der Waals surface area contributed by atoms with E-state index in [2.05, 4.69) is 10.4 Å². The molecule has 0 saturated carbocycles. The number of hydrogen-bond donors (Lipinski definition) is 1. The number of hydrazine groups is 1. The van der Waals surface area contributed by atoms with E-state index in [1.807, 2.05) is 11.0 Å². The molecule has 1 N–H and O–H groups in total. The maximum absolute atomic E-state index is 10.4. The van der Waals surface area contributed by atoms with Gasteiger partial charge in [-0.05, 0) is 11.6 Å². The van der Waals surface area contributed by atoms with Gasteiger partial charge >= 0.3 is 0 Å². The molecule has 8 heteroatoms. The van der Waals surface area contributed by atoms with Gasteiger partial charge in [0.05, 0.1) is 0 Å². The average Bonchev–Trinajstić information content (AvgIpc) is 2.68. The van der Waals surface area contributed by atoms with E-state index in [0.29, 0.717) is 11.7 Å². The van der Waals surface area contributed by atoms with Crippen molar-refractivity contribution in [1.29, 1.82) is 0 Å². The Morgan fingerprint density at radius 1 is 1.71 bits per heavy atom. The minimum absolute atomic E-state index is 0.277. The highest BCUT2D eigenvalue weighted by molar-refractivity contribution is 8.00. The van der Waals surface area contributed by atoms with Crippen LogP contribution in [0.3, 0.4) is 0 Å². The molecule has 6 nitrogen and oxygen atoms in total. The van der Waals surface area contributed by atoms with Crippen molar-refractivity contribution in [3.05, 3.63) is 39.2 Å². The molecular formula is C9H11ClN4O2S. The molecule has 1 aliphatic rings. The third-order valence-electron chi connectivity index (χ3n) is 2.38. The van der Waals surface area contributed by atoms with Crippen LogP contribution < -0.4 is 5.43 Å². The number of hydrogen-bond acceptors (Lipinski definition) is 5. The highest BCUT2D eigenvalue weighted by Crippen LogP contribution is 2.23. The first-order chi connectivity index (χ1) is 8.15. The molecule has 0 bridgehead atoms. The molecule has 17 heavy (non-hydrogen) atoms. The molecule has 1 aliphatic heterocycles. The van der Waals surface area contributed by atoms with Crippen LogP contribution in [0, 0.1) is 10.1 Å². The van der Waals surface area contributed by atoms with Gasteiger partial charge in [-0.3, -0.25) is 4.90 Å². The Bertz CT molecular complexity index is 402. The van der Waals surface area contributed by atoms with Gasteiger partial charge in [0.25, 0.3) is 0 Å². The van der Waals surface area contributed by atoms with Gasteiger partial charge < -0.3 is 0 Å². The monoisotopic (exact) mass is 274 g/mol. The average molecular weight is 275 g/mol. The zero-order valence-corrected chi connectivity index (χ0v) is 10.4. The molecular weight excluding hydrogens is 264 g/mol. The first-order valence-electron chi connectivity index (χ1n) is 5.02. The molecule has 1 fully saturated rings. The van der Waals surface area contributed by atoms with Crippen LogP contribution in [0.2, 0.25) is 5.15 Å². The minimum atomic E-state index is -0.504. The van der Waals surface area contributed by atoms with E-state index < -0.39 is 5.03 Å². The van der Waals surface area contributed by atoms with Gasteiger partial charge in [-0.2, -0.15) is 0 Å². The SMILES string of the molecule is O=[N+]([O-])NC1SCCN1Cc1ccc(Cl)nc1. The summed E-state index contributed by atoms with van der Waals surface area (Å²) in [4.78, 5) is 16.4. The lowest BCUT2D eigenvalue weighted by molar-refractivity contribution is -0.550. The number of aromatic nitrogens is 1. The van der Waals surface area contributed by atoms with Crippen LogP contribution in [0.5, 0.6) is 0 Å². The Hall–Kier alpha value is -1.05. The summed E-state index contributed by atoms with van der Waals surface area (Å²) in [7, 11) is 0. The Morgan fingerprint density at radius 3 is 3.18 bits per heavy atom. The quantitative estimate of drug-likeness (QED) is 0.508. The lowest BCUT2D eigenvalue weighted by Gasteiger charge is -2.20. The first-order valence-corrected chi connectivity index (χ1v) is 6.44. The standard InChI is InChI=1S/C9H11ClN4O2S/c10-8-2-1-7(5-11-8)6-13-3-4-17-9(13)12-14(15)16/h1-2,5,9,12H,3-4,6H2. The summed E-state index contributed by atoms with van der Waals surface area (Å²) in [5.74, 6) is 0.881. The van der Waals surface area contributed by atoms with Crippen molar-refractivity contribution in [3.63, 3.8) is 0 Å². The van der Waals surface area contributed by atoms with Crippen molar-refractivity contribution in [2.75, 3.05) is 12.3 Å². The minimum Gasteiger partial charge on any atom is -0.265 e. The number of rotatable bonds is 4. The Morgan fingerprint density at radius 2 is 2.53 bits per heavy atom. The van der Waals surface area contributed by atoms with Crippen LogP contribution >= 0.6 is 23.4 Å². The van der Waals surface area contributed by atoms with Crippen LogP contribution in [-0.2, 0) is 6.54 Å². The van der Waals surface area contributed by atoms with E-state index in [4.69, 9.17) is 11.6 Å². The summed E-state index contributed by atoms with van der Waals surface area (Å²) in [5.41, 5.74) is 3.00. The summed E-state index contributed by atoms with van der Waals surface area (Å²) >= 11 is 7.22. The maximum atomic E-state index is 10.4. The van der Waals surface area contributed by atoms with Gasteiger partial charge in [-0.15, -0.1) is 17.2 Å². The smallest absolute Gasteiger partial charge is 0.186 e. The number of nitro groups is 1. The molecule has 1 saturated heterocycles. The molecule has 2 heterocycles. The molecule has 1 unspecified atom stereocenters. The molecule has 0 spiro atoms. The van der Waals surface area contributed by atoms with Gasteiger partial charge in [0.2, 0.25) is 0 Å². The van der Waals surface area contributed by atoms with Gasteiger partial charge in [-0.25, -0.2) is 15.1 Å². The number of pyridine rings is 1. The summed E-state index contributed by atoms with van der Waals surface area (Å²) in [5, 5.41) is 10.4. The summed E-state index contributed by atoms with van der Waals surface area (Å²) < 4.78 is 0. The van der Waals surface area contributed by atoms with Crippen LogP contribution in [0.15, 0.2) is 18.3 Å². The van der Waals surface area contributed by atoms with Crippen LogP contribution in [0.25, 0.3) is 0 Å². The van der Waals surface area contributed by atoms with Gasteiger partial charge in [-0.1, -0.05) is 17.7 Å². The highest BCUT2D eigenvalue weighted by Gasteiger charge is 2.28. The van der Waals surface area contributed by atoms with Gasteiger partial charge in [0.1, 0.15) is 5.15 Å². The molecule has 2 rings (SSSR count). The van der Waals surface area contributed by atoms with Crippen molar-refractivity contribution in [1.82, 2.24) is 15.3 Å². The van der Waals surface area contributed by atoms with Crippen molar-refractivity contribution in [3.8, 4) is 0 Å². The second kappa shape index (κ2) is 5.52. The largest absolute Gasteiger partial charge is 0.265 e. The summed E-state index contributed by atoms with van der Waals surface area (Å²) in [6, 6.07) is 3.59. The van der Waals surface area contributed by atoms with E-state index in [0.717, 1.165) is 17.9 Å². The summed E-state index contributed by atoms with van der Waals surface area (Å²) in [6.07, 6.45) is 1.69. The molecule has 0 amide bonds. The van der Waals surface area contributed by atoms with E-state index in [1.54, 1.807) is 12.3 Å². The fraction of sp³-hybridized carbons (Fsp3) is 0.444. The maximum Gasteiger partial charge on any atom is 0.186 e. The number of nitrogens with one attached hydrogen (secondary N) is 1. The number of halogens is 1. The summed E-state index contributed by atoms with van der Waals surface area (Å²) in [6.45, 7) is 1.45. The van der Waals surface area contributed by atoms with E-state index >= 15 is 0 Å². The second-order valence-electron chi connectivity index (χ2n) is 3.57. The Balaban J connectivity index is 1.97. The van der Waals surface area contributed by atoms with Crippen molar-refractivity contribution >= 4 is 23.4 Å². The van der Waals surface area contributed by atoms with Crippen molar-refractivity contribution < 1.29 is 5.03 Å². The molecule has 1 atom stereocenters. The van der Waals surface area contributed by atoms with Crippen LogP contribution in [0.4, 0.5) is 0 Å². The Kier molecular flexibility index (Phi) is 4.03. The molecule has 0 radical (unpaired) electrons. The number of thioether (sulfide) groups is 1.